The summed E-state index contributed by atoms with van der Waals surface area (Å²) < 4.78 is 32.0. The third-order valence-electron chi connectivity index (χ3n) is 3.83. The van der Waals surface area contributed by atoms with Crippen LogP contribution in [-0.2, 0) is 10.1 Å². The van der Waals surface area contributed by atoms with E-state index in [4.69, 9.17) is 0 Å². The van der Waals surface area contributed by atoms with E-state index in [0.29, 0.717) is 5.39 Å². The number of amides is 1. The summed E-state index contributed by atoms with van der Waals surface area (Å²) in [6.45, 7) is 0. The first kappa shape index (κ1) is 18.3. The normalized spacial score (nSPS) is 11.3. The Balaban J connectivity index is 2.08. The number of fused-ring (bicyclic) bond motifs is 1. The molecule has 0 aliphatic heterocycles. The Hall–Kier alpha value is -3.50. The summed E-state index contributed by atoms with van der Waals surface area (Å²) >= 11 is 0. The first-order valence-corrected chi connectivity index (χ1v) is 8.90. The van der Waals surface area contributed by atoms with Gasteiger partial charge in [-0.25, -0.2) is 0 Å². The van der Waals surface area contributed by atoms with Crippen LogP contribution in [0.1, 0.15) is 10.4 Å². The number of rotatable bonds is 4. The molecule has 3 rings (SSSR count). The molecule has 0 heterocycles. The van der Waals surface area contributed by atoms with Crippen molar-refractivity contribution in [2.45, 2.75) is 4.90 Å². The molecule has 0 aliphatic carbocycles. The van der Waals surface area contributed by atoms with Gasteiger partial charge in [-0.05, 0) is 23.6 Å². The Morgan fingerprint density at radius 1 is 1.07 bits per heavy atom. The number of phenolic OH excluding ortho intramolecular Hbond substituents is 1. The number of carbonyl (C=O) groups excluding carboxylic acids is 1. The highest BCUT2D eigenvalue weighted by Gasteiger charge is 2.20. The highest BCUT2D eigenvalue weighted by Crippen LogP contribution is 2.36. The zero-order chi connectivity index (χ0) is 19.8. The lowest BCUT2D eigenvalue weighted by molar-refractivity contribution is -0.384. The third-order valence-corrected chi connectivity index (χ3v) is 4.71. The maximum absolute atomic E-state index is 12.4. The molecule has 0 bridgehead atoms. The number of benzene rings is 3. The molecule has 3 aromatic rings. The zero-order valence-electron chi connectivity index (χ0n) is 13.5. The van der Waals surface area contributed by atoms with E-state index in [9.17, 15) is 33.0 Å². The van der Waals surface area contributed by atoms with E-state index in [2.05, 4.69) is 5.32 Å². The Morgan fingerprint density at radius 3 is 2.44 bits per heavy atom. The van der Waals surface area contributed by atoms with Gasteiger partial charge in [0.25, 0.3) is 21.7 Å². The van der Waals surface area contributed by atoms with Crippen LogP contribution in [-0.4, -0.2) is 28.9 Å². The Bertz CT molecular complexity index is 1190. The van der Waals surface area contributed by atoms with Crippen molar-refractivity contribution in [1.82, 2.24) is 0 Å². The first-order valence-electron chi connectivity index (χ1n) is 7.46. The molecule has 0 radical (unpaired) electrons. The number of nitro groups is 1. The van der Waals surface area contributed by atoms with Gasteiger partial charge < -0.3 is 10.4 Å². The molecule has 10 heteroatoms. The molecule has 3 aromatic carbocycles. The molecule has 0 saturated heterocycles. The number of nitro benzene ring substituents is 1. The van der Waals surface area contributed by atoms with Gasteiger partial charge in [-0.15, -0.1) is 0 Å². The molecule has 0 unspecified atom stereocenters. The number of hydrogen-bond acceptors (Lipinski definition) is 6. The van der Waals surface area contributed by atoms with Crippen LogP contribution < -0.4 is 5.32 Å². The molecular weight excluding hydrogens is 376 g/mol. The molecule has 1 amide bonds. The predicted octanol–water partition coefficient (Wildman–Crippen LogP) is 2.95. The monoisotopic (exact) mass is 388 g/mol. The molecule has 27 heavy (non-hydrogen) atoms. The Morgan fingerprint density at radius 2 is 1.78 bits per heavy atom. The average Bonchev–Trinajstić information content (AvgIpc) is 2.61. The van der Waals surface area contributed by atoms with Crippen LogP contribution in [0.2, 0.25) is 0 Å². The molecular formula is C17H12N2O7S. The lowest BCUT2D eigenvalue weighted by atomic mass is 10.1. The number of aromatic hydroxyl groups is 1. The van der Waals surface area contributed by atoms with Crippen molar-refractivity contribution in [1.29, 1.82) is 0 Å². The second kappa shape index (κ2) is 6.67. The van der Waals surface area contributed by atoms with Crippen LogP contribution in [0.15, 0.2) is 59.5 Å². The summed E-state index contributed by atoms with van der Waals surface area (Å²) in [5.74, 6) is -1.41. The summed E-state index contributed by atoms with van der Waals surface area (Å²) in [4.78, 5) is 21.9. The molecule has 9 nitrogen and oxygen atoms in total. The largest absolute Gasteiger partial charge is 0.506 e. The van der Waals surface area contributed by atoms with Gasteiger partial charge in [0, 0.05) is 23.1 Å². The van der Waals surface area contributed by atoms with Gasteiger partial charge in [0.2, 0.25) is 0 Å². The summed E-state index contributed by atoms with van der Waals surface area (Å²) in [6.07, 6.45) is 0. The maximum atomic E-state index is 12.4. The van der Waals surface area contributed by atoms with E-state index in [1.54, 1.807) is 12.1 Å². The van der Waals surface area contributed by atoms with Crippen molar-refractivity contribution in [3.63, 3.8) is 0 Å². The van der Waals surface area contributed by atoms with Crippen LogP contribution >= 0.6 is 0 Å². The number of hydrogen-bond donors (Lipinski definition) is 3. The minimum Gasteiger partial charge on any atom is -0.506 e. The van der Waals surface area contributed by atoms with Crippen LogP contribution in [0, 0.1) is 10.1 Å². The standard InChI is InChI=1S/C17H12N2O7S/c20-16-14(27(24,25)26)8-7-10-3-2-6-13(15(10)16)18-17(21)11-4-1-5-12(9-11)19(22)23/h1-9,20H,(H,18,21)(H,24,25,26). The fraction of sp³-hybridized carbons (Fsp3) is 0. The quantitative estimate of drug-likeness (QED) is 0.354. The summed E-state index contributed by atoms with van der Waals surface area (Å²) in [7, 11) is -4.68. The average molecular weight is 388 g/mol. The maximum Gasteiger partial charge on any atom is 0.298 e. The van der Waals surface area contributed by atoms with Gasteiger partial charge >= 0.3 is 0 Å². The van der Waals surface area contributed by atoms with Gasteiger partial charge in [0.05, 0.1) is 10.6 Å². The van der Waals surface area contributed by atoms with Crippen LogP contribution in [0.4, 0.5) is 11.4 Å². The van der Waals surface area contributed by atoms with Gasteiger partial charge in [-0.3, -0.25) is 19.5 Å². The van der Waals surface area contributed by atoms with E-state index >= 15 is 0 Å². The van der Waals surface area contributed by atoms with Crippen molar-refractivity contribution in [3.05, 3.63) is 70.3 Å². The third kappa shape index (κ3) is 3.57. The van der Waals surface area contributed by atoms with E-state index in [-0.39, 0.29) is 22.3 Å². The molecule has 0 aromatic heterocycles. The predicted molar refractivity (Wildman–Crippen MR) is 96.5 cm³/mol. The lowest BCUT2D eigenvalue weighted by Gasteiger charge is -2.12. The zero-order valence-corrected chi connectivity index (χ0v) is 14.3. The summed E-state index contributed by atoms with van der Waals surface area (Å²) in [5.41, 5.74) is -0.185. The van der Waals surface area contributed by atoms with Gasteiger partial charge in [-0.2, -0.15) is 8.42 Å². The summed E-state index contributed by atoms with van der Waals surface area (Å²) in [5, 5.41) is 24.0. The van der Waals surface area contributed by atoms with E-state index in [1.807, 2.05) is 0 Å². The van der Waals surface area contributed by atoms with Gasteiger partial charge in [0.15, 0.2) is 0 Å². The topological polar surface area (TPSA) is 147 Å². The SMILES string of the molecule is O=C(Nc1cccc2ccc(S(=O)(=O)O)c(O)c12)c1cccc([N+](=O)[O-])c1. The van der Waals surface area contributed by atoms with Crippen molar-refractivity contribution < 1.29 is 27.8 Å². The van der Waals surface area contributed by atoms with Crippen molar-refractivity contribution in [3.8, 4) is 5.75 Å². The van der Waals surface area contributed by atoms with Crippen molar-refractivity contribution in [2.75, 3.05) is 5.32 Å². The fourth-order valence-electron chi connectivity index (χ4n) is 2.61. The van der Waals surface area contributed by atoms with Gasteiger partial charge in [-0.1, -0.05) is 24.3 Å². The molecule has 3 N–H and O–H groups in total. The summed E-state index contributed by atoms with van der Waals surface area (Å²) in [6, 6.07) is 12.0. The number of nitrogens with one attached hydrogen (secondary N) is 1. The number of carbonyl (C=O) groups is 1. The highest BCUT2D eigenvalue weighted by atomic mass is 32.2. The molecule has 0 fully saturated rings. The van der Waals surface area contributed by atoms with E-state index in [0.717, 1.165) is 12.1 Å². The Kier molecular flexibility index (Phi) is 4.52. The minimum absolute atomic E-state index is 0.00593. The fourth-order valence-corrected chi connectivity index (χ4v) is 3.19. The minimum atomic E-state index is -4.68. The van der Waals surface area contributed by atoms with Crippen LogP contribution in [0.3, 0.4) is 0 Å². The number of phenols is 1. The van der Waals surface area contributed by atoms with Crippen LogP contribution in [0.5, 0.6) is 5.75 Å². The molecule has 0 atom stereocenters. The van der Waals surface area contributed by atoms with Crippen molar-refractivity contribution >= 4 is 38.2 Å². The van der Waals surface area contributed by atoms with Crippen molar-refractivity contribution in [2.24, 2.45) is 0 Å². The molecule has 0 spiro atoms. The lowest BCUT2D eigenvalue weighted by Crippen LogP contribution is -2.12. The highest BCUT2D eigenvalue weighted by molar-refractivity contribution is 7.86. The van der Waals surface area contributed by atoms with Gasteiger partial charge in [0.1, 0.15) is 10.6 Å². The van der Waals surface area contributed by atoms with E-state index in [1.165, 1.54) is 30.3 Å². The first-order chi connectivity index (χ1) is 12.7. The van der Waals surface area contributed by atoms with Crippen LogP contribution in [0.25, 0.3) is 10.8 Å². The smallest absolute Gasteiger partial charge is 0.298 e. The molecule has 138 valence electrons. The Labute approximate surface area is 152 Å². The number of nitrogens with zero attached hydrogens (tertiary/aromatic N) is 1. The second-order valence-corrected chi connectivity index (χ2v) is 6.94. The number of non-ortho nitro benzene ring substituents is 1. The molecule has 0 saturated carbocycles. The second-order valence-electron chi connectivity index (χ2n) is 5.55. The van der Waals surface area contributed by atoms with E-state index < -0.39 is 31.6 Å². The molecule has 0 aliphatic rings. The number of anilines is 1.